The number of thiophene rings is 1. The first kappa shape index (κ1) is 15.6. The molecule has 0 fully saturated rings. The van der Waals surface area contributed by atoms with Gasteiger partial charge in [-0.3, -0.25) is 0 Å². The zero-order valence-corrected chi connectivity index (χ0v) is 13.6. The predicted octanol–water partition coefficient (Wildman–Crippen LogP) is 4.49. The molecule has 0 radical (unpaired) electrons. The van der Waals surface area contributed by atoms with E-state index in [9.17, 15) is 4.39 Å². The monoisotopic (exact) mass is 308 g/mol. The van der Waals surface area contributed by atoms with E-state index >= 15 is 0 Å². The third-order valence-corrected chi connectivity index (χ3v) is 4.29. The lowest BCUT2D eigenvalue weighted by Gasteiger charge is -2.14. The molecular weight excluding hydrogens is 287 g/mol. The average molecular weight is 308 g/mol. The van der Waals surface area contributed by atoms with E-state index in [4.69, 9.17) is 10.5 Å². The number of benzene rings is 1. The van der Waals surface area contributed by atoms with Crippen LogP contribution in [0.5, 0.6) is 5.75 Å². The normalized spacial score (nSPS) is 11.0. The van der Waals surface area contributed by atoms with Crippen molar-refractivity contribution in [2.45, 2.75) is 40.3 Å². The van der Waals surface area contributed by atoms with Crippen molar-refractivity contribution in [2.75, 3.05) is 11.1 Å². The van der Waals surface area contributed by atoms with Gasteiger partial charge in [0.25, 0.3) is 0 Å². The molecule has 0 spiro atoms. The lowest BCUT2D eigenvalue weighted by molar-refractivity contribution is 0.231. The summed E-state index contributed by atoms with van der Waals surface area (Å²) in [4.78, 5) is 2.53. The topological polar surface area (TPSA) is 47.3 Å². The Morgan fingerprint density at radius 3 is 2.57 bits per heavy atom. The van der Waals surface area contributed by atoms with Crippen LogP contribution in [-0.4, -0.2) is 6.10 Å². The van der Waals surface area contributed by atoms with Crippen molar-refractivity contribution in [3.8, 4) is 5.75 Å². The molecule has 2 rings (SSSR count). The smallest absolute Gasteiger partial charge is 0.167 e. The third kappa shape index (κ3) is 3.88. The van der Waals surface area contributed by atoms with Crippen LogP contribution in [0.2, 0.25) is 0 Å². The second kappa shape index (κ2) is 6.35. The van der Waals surface area contributed by atoms with E-state index in [0.717, 1.165) is 0 Å². The zero-order valence-electron chi connectivity index (χ0n) is 12.8. The Hall–Kier alpha value is -1.75. The molecule has 114 valence electrons. The summed E-state index contributed by atoms with van der Waals surface area (Å²) in [5.41, 5.74) is 8.22. The van der Waals surface area contributed by atoms with Gasteiger partial charge in [-0.05, 0) is 39.3 Å². The Kier molecular flexibility index (Phi) is 4.73. The van der Waals surface area contributed by atoms with Gasteiger partial charge in [0.2, 0.25) is 0 Å². The minimum Gasteiger partial charge on any atom is -0.488 e. The van der Waals surface area contributed by atoms with Gasteiger partial charge in [0.15, 0.2) is 11.6 Å². The van der Waals surface area contributed by atoms with Crippen molar-refractivity contribution in [1.82, 2.24) is 0 Å². The first-order valence-corrected chi connectivity index (χ1v) is 7.74. The van der Waals surface area contributed by atoms with E-state index in [1.54, 1.807) is 17.4 Å². The van der Waals surface area contributed by atoms with Crippen LogP contribution in [0.15, 0.2) is 18.2 Å². The summed E-state index contributed by atoms with van der Waals surface area (Å²) < 4.78 is 19.2. The van der Waals surface area contributed by atoms with Gasteiger partial charge in [-0.25, -0.2) is 4.39 Å². The van der Waals surface area contributed by atoms with Crippen LogP contribution in [0.3, 0.4) is 0 Å². The Labute approximate surface area is 128 Å². The SMILES string of the molecule is Cc1cc(CNc2cc(OC(C)C)c(F)cc2N)sc1C. The molecule has 0 atom stereocenters. The Morgan fingerprint density at radius 1 is 1.29 bits per heavy atom. The molecule has 0 saturated heterocycles. The molecule has 5 heteroatoms. The number of rotatable bonds is 5. The summed E-state index contributed by atoms with van der Waals surface area (Å²) in [7, 11) is 0. The molecule has 1 aromatic heterocycles. The summed E-state index contributed by atoms with van der Waals surface area (Å²) in [6.45, 7) is 8.58. The number of halogens is 1. The number of hydrogen-bond acceptors (Lipinski definition) is 4. The first-order valence-electron chi connectivity index (χ1n) is 6.92. The highest BCUT2D eigenvalue weighted by Crippen LogP contribution is 2.30. The summed E-state index contributed by atoms with van der Waals surface area (Å²) in [6, 6.07) is 5.07. The van der Waals surface area contributed by atoms with Gasteiger partial charge in [0.1, 0.15) is 0 Å². The van der Waals surface area contributed by atoms with Crippen LogP contribution in [0, 0.1) is 19.7 Å². The number of nitrogens with two attached hydrogens (primary N) is 1. The summed E-state index contributed by atoms with van der Waals surface area (Å²) in [5, 5.41) is 3.25. The molecule has 3 N–H and O–H groups in total. The lowest BCUT2D eigenvalue weighted by atomic mass is 10.2. The number of hydrogen-bond donors (Lipinski definition) is 2. The number of ether oxygens (including phenoxy) is 1. The highest BCUT2D eigenvalue weighted by molar-refractivity contribution is 7.12. The molecule has 2 aromatic rings. The van der Waals surface area contributed by atoms with E-state index in [-0.39, 0.29) is 11.9 Å². The molecule has 1 aromatic carbocycles. The largest absolute Gasteiger partial charge is 0.488 e. The Bertz CT molecular complexity index is 618. The highest BCUT2D eigenvalue weighted by Gasteiger charge is 2.11. The average Bonchev–Trinajstić information content (AvgIpc) is 2.70. The van der Waals surface area contributed by atoms with Crippen molar-refractivity contribution >= 4 is 22.7 Å². The maximum Gasteiger partial charge on any atom is 0.167 e. The molecule has 0 amide bonds. The molecule has 1 heterocycles. The van der Waals surface area contributed by atoms with E-state index in [1.807, 2.05) is 13.8 Å². The van der Waals surface area contributed by atoms with Crippen molar-refractivity contribution < 1.29 is 9.13 Å². The molecule has 0 saturated carbocycles. The zero-order chi connectivity index (χ0) is 15.6. The van der Waals surface area contributed by atoms with Crippen molar-refractivity contribution in [3.63, 3.8) is 0 Å². The van der Waals surface area contributed by atoms with Crippen LogP contribution < -0.4 is 15.8 Å². The first-order chi connectivity index (χ1) is 9.86. The number of aryl methyl sites for hydroxylation is 2. The van der Waals surface area contributed by atoms with Crippen LogP contribution in [0.25, 0.3) is 0 Å². The molecule has 0 aliphatic rings. The highest BCUT2D eigenvalue weighted by atomic mass is 32.1. The number of nitrogen functional groups attached to an aromatic ring is 1. The van der Waals surface area contributed by atoms with Gasteiger partial charge < -0.3 is 15.8 Å². The predicted molar refractivity (Wildman–Crippen MR) is 87.7 cm³/mol. The Balaban J connectivity index is 2.15. The molecule has 0 aliphatic heterocycles. The van der Waals surface area contributed by atoms with E-state index in [1.165, 1.54) is 21.4 Å². The van der Waals surface area contributed by atoms with Gasteiger partial charge >= 0.3 is 0 Å². The van der Waals surface area contributed by atoms with Gasteiger partial charge in [-0.1, -0.05) is 0 Å². The second-order valence-electron chi connectivity index (χ2n) is 5.34. The molecule has 0 unspecified atom stereocenters. The molecule has 21 heavy (non-hydrogen) atoms. The summed E-state index contributed by atoms with van der Waals surface area (Å²) in [6.07, 6.45) is -0.0847. The van der Waals surface area contributed by atoms with Crippen molar-refractivity contribution in [1.29, 1.82) is 0 Å². The summed E-state index contributed by atoms with van der Waals surface area (Å²) in [5.74, 6) is -0.213. The second-order valence-corrected chi connectivity index (χ2v) is 6.68. The van der Waals surface area contributed by atoms with Crippen LogP contribution in [0.4, 0.5) is 15.8 Å². The van der Waals surface area contributed by atoms with Gasteiger partial charge in [-0.2, -0.15) is 0 Å². The molecular formula is C16H21FN2OS. The van der Waals surface area contributed by atoms with Crippen LogP contribution in [0.1, 0.15) is 29.2 Å². The van der Waals surface area contributed by atoms with Crippen molar-refractivity contribution in [3.05, 3.63) is 39.3 Å². The third-order valence-electron chi connectivity index (χ3n) is 3.14. The van der Waals surface area contributed by atoms with Gasteiger partial charge in [-0.15, -0.1) is 11.3 Å². The van der Waals surface area contributed by atoms with E-state index < -0.39 is 5.82 Å². The van der Waals surface area contributed by atoms with E-state index in [2.05, 4.69) is 25.2 Å². The standard InChI is InChI=1S/C16H21FN2OS/c1-9(2)20-16-7-15(14(18)6-13(16)17)19-8-12-5-10(3)11(4)21-12/h5-7,9,19H,8,18H2,1-4H3. The van der Waals surface area contributed by atoms with Crippen molar-refractivity contribution in [2.24, 2.45) is 0 Å². The fourth-order valence-electron chi connectivity index (χ4n) is 1.99. The molecule has 3 nitrogen and oxygen atoms in total. The van der Waals surface area contributed by atoms with Gasteiger partial charge in [0, 0.05) is 28.4 Å². The van der Waals surface area contributed by atoms with E-state index in [0.29, 0.717) is 17.9 Å². The van der Waals surface area contributed by atoms with Gasteiger partial charge in [0.05, 0.1) is 17.5 Å². The number of nitrogens with one attached hydrogen (secondary N) is 1. The molecule has 0 aliphatic carbocycles. The number of anilines is 2. The molecule has 0 bridgehead atoms. The minimum atomic E-state index is -0.436. The van der Waals surface area contributed by atoms with Crippen LogP contribution in [-0.2, 0) is 6.54 Å². The minimum absolute atomic E-state index is 0.0847. The fraction of sp³-hybridized carbons (Fsp3) is 0.375. The van der Waals surface area contributed by atoms with Crippen LogP contribution >= 0.6 is 11.3 Å². The fourth-order valence-corrected chi connectivity index (χ4v) is 2.98. The summed E-state index contributed by atoms with van der Waals surface area (Å²) >= 11 is 1.75. The Morgan fingerprint density at radius 2 is 2.00 bits per heavy atom. The maximum atomic E-state index is 13.8. The quantitative estimate of drug-likeness (QED) is 0.800. The lowest BCUT2D eigenvalue weighted by Crippen LogP contribution is -2.09. The maximum absolute atomic E-state index is 13.8.